The number of rotatable bonds is 1. The summed E-state index contributed by atoms with van der Waals surface area (Å²) in [6.45, 7) is 1.98. The lowest BCUT2D eigenvalue weighted by Crippen LogP contribution is -2.39. The molecule has 3 unspecified atom stereocenters. The van der Waals surface area contributed by atoms with Crippen LogP contribution >= 0.6 is 0 Å². The fourth-order valence-corrected chi connectivity index (χ4v) is 4.65. The average molecular weight is 307 g/mol. The Hall–Kier alpha value is -2.20. The lowest BCUT2D eigenvalue weighted by Gasteiger charge is -2.26. The van der Waals surface area contributed by atoms with Crippen molar-refractivity contribution in [2.75, 3.05) is 4.90 Å². The van der Waals surface area contributed by atoms with Crippen molar-refractivity contribution in [1.82, 2.24) is 0 Å². The van der Waals surface area contributed by atoms with Crippen LogP contribution in [0.1, 0.15) is 19.8 Å². The van der Waals surface area contributed by atoms with Crippen LogP contribution in [0.4, 0.5) is 5.69 Å². The van der Waals surface area contributed by atoms with E-state index in [-0.39, 0.29) is 29.8 Å². The monoisotopic (exact) mass is 307 g/mol. The maximum Gasteiger partial charge on any atom is 0.240 e. The third-order valence-corrected chi connectivity index (χ3v) is 5.75. The number of carbonyl (C=O) groups is 2. The minimum atomic E-state index is -0.465. The number of ether oxygens (including phenoxy) is 1. The molecule has 0 N–H and O–H groups in total. The average Bonchev–Trinajstić information content (AvgIpc) is 3.16. The minimum absolute atomic E-state index is 0.0908. The maximum absolute atomic E-state index is 13.0. The summed E-state index contributed by atoms with van der Waals surface area (Å²) >= 11 is 0. The first-order valence-electron chi connectivity index (χ1n) is 8.13. The van der Waals surface area contributed by atoms with Gasteiger partial charge in [-0.2, -0.15) is 0 Å². The summed E-state index contributed by atoms with van der Waals surface area (Å²) in [7, 11) is 0. The second-order valence-corrected chi connectivity index (χ2v) is 7.05. The van der Waals surface area contributed by atoms with Gasteiger partial charge in [0.1, 0.15) is 0 Å². The molecule has 23 heavy (non-hydrogen) atoms. The molecular formula is C19H17NO3. The molecule has 3 aliphatic rings. The zero-order valence-corrected chi connectivity index (χ0v) is 12.9. The van der Waals surface area contributed by atoms with Crippen LogP contribution < -0.4 is 4.90 Å². The lowest BCUT2D eigenvalue weighted by molar-refractivity contribution is -0.126. The predicted octanol–water partition coefficient (Wildman–Crippen LogP) is 2.90. The zero-order valence-electron chi connectivity index (χ0n) is 12.9. The van der Waals surface area contributed by atoms with Crippen molar-refractivity contribution in [3.05, 3.63) is 42.5 Å². The largest absolute Gasteiger partial charge is 0.370 e. The van der Waals surface area contributed by atoms with Gasteiger partial charge in [-0.05, 0) is 42.7 Å². The Morgan fingerprint density at radius 2 is 1.87 bits per heavy atom. The molecule has 0 aromatic heterocycles. The molecule has 0 aliphatic carbocycles. The molecule has 5 rings (SSSR count). The molecule has 4 nitrogen and oxygen atoms in total. The van der Waals surface area contributed by atoms with E-state index in [0.29, 0.717) is 5.69 Å². The summed E-state index contributed by atoms with van der Waals surface area (Å²) < 4.78 is 5.95. The van der Waals surface area contributed by atoms with Gasteiger partial charge in [0, 0.05) is 0 Å². The van der Waals surface area contributed by atoms with Crippen LogP contribution in [0.25, 0.3) is 10.8 Å². The molecule has 0 radical (unpaired) electrons. The van der Waals surface area contributed by atoms with E-state index < -0.39 is 5.60 Å². The van der Waals surface area contributed by atoms with Crippen molar-refractivity contribution < 1.29 is 14.3 Å². The molecule has 2 amide bonds. The highest BCUT2D eigenvalue weighted by Crippen LogP contribution is 2.55. The second-order valence-electron chi connectivity index (χ2n) is 7.05. The molecule has 3 heterocycles. The van der Waals surface area contributed by atoms with Gasteiger partial charge in [-0.25, -0.2) is 4.90 Å². The number of anilines is 1. The van der Waals surface area contributed by atoms with Crippen LogP contribution in [0, 0.1) is 11.8 Å². The van der Waals surface area contributed by atoms with E-state index in [4.69, 9.17) is 4.74 Å². The number of fused-ring (bicyclic) bond motifs is 6. The Bertz CT molecular complexity index is 861. The van der Waals surface area contributed by atoms with Crippen molar-refractivity contribution in [2.45, 2.75) is 31.5 Å². The van der Waals surface area contributed by atoms with Crippen molar-refractivity contribution >= 4 is 28.3 Å². The number of benzene rings is 2. The second kappa shape index (κ2) is 4.20. The normalized spacial score (nSPS) is 35.3. The summed E-state index contributed by atoms with van der Waals surface area (Å²) in [4.78, 5) is 27.2. The fraction of sp³-hybridized carbons (Fsp3) is 0.368. The highest BCUT2D eigenvalue weighted by Gasteiger charge is 2.67. The maximum atomic E-state index is 13.0. The Kier molecular flexibility index (Phi) is 2.42. The van der Waals surface area contributed by atoms with Gasteiger partial charge in [-0.15, -0.1) is 0 Å². The Labute approximate surface area is 134 Å². The Balaban J connectivity index is 1.60. The van der Waals surface area contributed by atoms with Crippen molar-refractivity contribution in [2.24, 2.45) is 11.8 Å². The topological polar surface area (TPSA) is 46.6 Å². The predicted molar refractivity (Wildman–Crippen MR) is 85.9 cm³/mol. The van der Waals surface area contributed by atoms with E-state index in [9.17, 15) is 9.59 Å². The van der Waals surface area contributed by atoms with E-state index in [1.54, 1.807) is 0 Å². The van der Waals surface area contributed by atoms with E-state index in [0.717, 1.165) is 23.6 Å². The molecule has 2 aromatic rings. The summed E-state index contributed by atoms with van der Waals surface area (Å²) in [5, 5.41) is 2.14. The zero-order chi connectivity index (χ0) is 15.8. The lowest BCUT2D eigenvalue weighted by atomic mass is 9.74. The summed E-state index contributed by atoms with van der Waals surface area (Å²) in [6.07, 6.45) is 1.65. The third kappa shape index (κ3) is 1.59. The number of hydrogen-bond donors (Lipinski definition) is 0. The van der Waals surface area contributed by atoms with Crippen LogP contribution in [0.3, 0.4) is 0 Å². The van der Waals surface area contributed by atoms with Crippen molar-refractivity contribution in [3.63, 3.8) is 0 Å². The van der Waals surface area contributed by atoms with Gasteiger partial charge >= 0.3 is 0 Å². The number of nitrogens with zero attached hydrogens (tertiary/aromatic N) is 1. The van der Waals surface area contributed by atoms with Gasteiger partial charge in [0.2, 0.25) is 11.8 Å². The van der Waals surface area contributed by atoms with Gasteiger partial charge in [0.15, 0.2) is 0 Å². The quantitative estimate of drug-likeness (QED) is 0.761. The van der Waals surface area contributed by atoms with E-state index in [1.807, 2.05) is 49.4 Å². The highest BCUT2D eigenvalue weighted by molar-refractivity contribution is 6.23. The number of amides is 2. The van der Waals surface area contributed by atoms with E-state index in [2.05, 4.69) is 0 Å². The number of carbonyl (C=O) groups excluding carboxylic acids is 2. The van der Waals surface area contributed by atoms with Gasteiger partial charge in [0.25, 0.3) is 0 Å². The first kappa shape index (κ1) is 13.3. The van der Waals surface area contributed by atoms with Crippen molar-refractivity contribution in [1.29, 1.82) is 0 Å². The van der Waals surface area contributed by atoms with Gasteiger partial charge < -0.3 is 4.74 Å². The van der Waals surface area contributed by atoms with Crippen LogP contribution in [0.2, 0.25) is 0 Å². The first-order valence-corrected chi connectivity index (χ1v) is 8.13. The third-order valence-electron chi connectivity index (χ3n) is 5.75. The highest BCUT2D eigenvalue weighted by atomic mass is 16.5. The summed E-state index contributed by atoms with van der Waals surface area (Å²) in [6, 6.07) is 13.7. The Morgan fingerprint density at radius 3 is 2.65 bits per heavy atom. The van der Waals surface area contributed by atoms with E-state index in [1.165, 1.54) is 4.90 Å². The smallest absolute Gasteiger partial charge is 0.240 e. The molecule has 2 aromatic carbocycles. The summed E-state index contributed by atoms with van der Waals surface area (Å²) in [5.41, 5.74) is 0.212. The van der Waals surface area contributed by atoms with E-state index >= 15 is 0 Å². The molecule has 4 heteroatoms. The number of hydrogen-bond acceptors (Lipinski definition) is 3. The fourth-order valence-electron chi connectivity index (χ4n) is 4.65. The minimum Gasteiger partial charge on any atom is -0.370 e. The first-order chi connectivity index (χ1) is 11.1. The molecule has 3 aliphatic heterocycles. The van der Waals surface area contributed by atoms with Crippen LogP contribution in [0.5, 0.6) is 0 Å². The van der Waals surface area contributed by atoms with Crippen LogP contribution in [0.15, 0.2) is 42.5 Å². The van der Waals surface area contributed by atoms with Gasteiger partial charge in [0.05, 0.1) is 29.2 Å². The van der Waals surface area contributed by atoms with Gasteiger partial charge in [-0.3, -0.25) is 9.59 Å². The molecule has 0 spiro atoms. The standard InChI is InChI=1S/C19H17NO3/c1-19-9-8-14(23-19)15-16(19)18(22)20(17(15)21)13-7-6-11-4-2-3-5-12(11)10-13/h2-7,10,14-16H,8-9H2,1H3/t14?,15-,16?,19?/m1/s1. The molecule has 3 fully saturated rings. The van der Waals surface area contributed by atoms with Crippen molar-refractivity contribution in [3.8, 4) is 0 Å². The summed E-state index contributed by atoms with van der Waals surface area (Å²) in [5.74, 6) is -0.809. The molecule has 3 saturated heterocycles. The van der Waals surface area contributed by atoms with Crippen LogP contribution in [-0.4, -0.2) is 23.5 Å². The Morgan fingerprint density at radius 1 is 1.09 bits per heavy atom. The number of imide groups is 1. The molecule has 2 bridgehead atoms. The molecule has 116 valence electrons. The molecule has 4 atom stereocenters. The van der Waals surface area contributed by atoms with Crippen LogP contribution in [-0.2, 0) is 14.3 Å². The molecular weight excluding hydrogens is 290 g/mol. The van der Waals surface area contributed by atoms with Gasteiger partial charge in [-0.1, -0.05) is 30.3 Å². The molecule has 0 saturated carbocycles. The SMILES string of the molecule is CC12CCC(O1)[C@H]1C(=O)N(c3ccc4ccccc4c3)C(=O)C12.